The third-order valence-electron chi connectivity index (χ3n) is 5.66. The van der Waals surface area contributed by atoms with E-state index in [1.54, 1.807) is 17.0 Å². The van der Waals surface area contributed by atoms with Crippen LogP contribution in [0.4, 0.5) is 0 Å². The molecule has 1 aliphatic rings. The Kier molecular flexibility index (Phi) is 7.60. The van der Waals surface area contributed by atoms with Gasteiger partial charge in [-0.3, -0.25) is 9.59 Å². The van der Waals surface area contributed by atoms with Crippen LogP contribution in [0.15, 0.2) is 65.1 Å². The summed E-state index contributed by atoms with van der Waals surface area (Å²) >= 11 is 0. The van der Waals surface area contributed by atoms with Crippen LogP contribution >= 0.6 is 0 Å². The highest BCUT2D eigenvalue weighted by Crippen LogP contribution is 2.33. The molecule has 4 rings (SSSR count). The highest BCUT2D eigenvalue weighted by Gasteiger charge is 2.25. The van der Waals surface area contributed by atoms with Gasteiger partial charge in [0.05, 0.1) is 6.54 Å². The average Bonchev–Trinajstić information content (AvgIpc) is 3.49. The maximum absolute atomic E-state index is 13.5. The number of ether oxygens (including phenoxy) is 3. The number of hydrogen-bond donors (Lipinski definition) is 0. The van der Waals surface area contributed by atoms with Crippen molar-refractivity contribution in [2.75, 3.05) is 19.9 Å². The van der Waals surface area contributed by atoms with Crippen LogP contribution in [0.1, 0.15) is 30.9 Å². The van der Waals surface area contributed by atoms with Crippen LogP contribution in [-0.4, -0.2) is 47.6 Å². The Labute approximate surface area is 205 Å². The van der Waals surface area contributed by atoms with Gasteiger partial charge in [-0.2, -0.15) is 0 Å². The Hall–Kier alpha value is -3.94. The third kappa shape index (κ3) is 6.35. The number of fused-ring (bicyclic) bond motifs is 1. The minimum atomic E-state index is -0.255. The number of carbonyl (C=O) groups is 2. The van der Waals surface area contributed by atoms with Crippen molar-refractivity contribution < 1.29 is 28.2 Å². The SMILES string of the molecule is Cc1ccc(CN(Cc2ccc3c(c2)OCO3)C(=O)CN(C(=O)COc2ccccc2)C(C)C)o1. The lowest BCUT2D eigenvalue weighted by Crippen LogP contribution is -2.47. The zero-order chi connectivity index (χ0) is 24.8. The summed E-state index contributed by atoms with van der Waals surface area (Å²) in [5.74, 6) is 2.93. The lowest BCUT2D eigenvalue weighted by atomic mass is 10.1. The van der Waals surface area contributed by atoms with Gasteiger partial charge < -0.3 is 28.4 Å². The summed E-state index contributed by atoms with van der Waals surface area (Å²) in [7, 11) is 0. The van der Waals surface area contributed by atoms with Crippen molar-refractivity contribution in [3.05, 3.63) is 77.7 Å². The predicted octanol–water partition coefficient (Wildman–Crippen LogP) is 4.16. The largest absolute Gasteiger partial charge is 0.484 e. The maximum Gasteiger partial charge on any atom is 0.261 e. The zero-order valence-corrected chi connectivity index (χ0v) is 20.2. The van der Waals surface area contributed by atoms with E-state index in [1.165, 1.54) is 4.90 Å². The van der Waals surface area contributed by atoms with Gasteiger partial charge >= 0.3 is 0 Å². The molecule has 0 radical (unpaired) electrons. The van der Waals surface area contributed by atoms with Crippen LogP contribution in [-0.2, 0) is 22.7 Å². The molecule has 35 heavy (non-hydrogen) atoms. The van der Waals surface area contributed by atoms with Gasteiger partial charge in [-0.1, -0.05) is 24.3 Å². The second kappa shape index (κ2) is 11.0. The highest BCUT2D eigenvalue weighted by atomic mass is 16.7. The molecule has 2 aromatic carbocycles. The molecule has 0 N–H and O–H groups in total. The zero-order valence-electron chi connectivity index (χ0n) is 20.2. The second-order valence-electron chi connectivity index (χ2n) is 8.67. The molecule has 0 fully saturated rings. The number of furan rings is 1. The van der Waals surface area contributed by atoms with E-state index in [-0.39, 0.29) is 44.3 Å². The number of carbonyl (C=O) groups excluding carboxylic acids is 2. The quantitative estimate of drug-likeness (QED) is 0.435. The molecule has 8 nitrogen and oxygen atoms in total. The van der Waals surface area contributed by atoms with Crippen molar-refractivity contribution in [1.29, 1.82) is 0 Å². The summed E-state index contributed by atoms with van der Waals surface area (Å²) < 4.78 is 22.2. The van der Waals surface area contributed by atoms with Crippen molar-refractivity contribution in [3.8, 4) is 17.2 Å². The Balaban J connectivity index is 1.47. The van der Waals surface area contributed by atoms with E-state index in [0.29, 0.717) is 29.6 Å². The Morgan fingerprint density at radius 2 is 1.71 bits per heavy atom. The van der Waals surface area contributed by atoms with Gasteiger partial charge in [0.1, 0.15) is 23.8 Å². The Morgan fingerprint density at radius 1 is 0.943 bits per heavy atom. The molecule has 0 spiro atoms. The molecule has 1 aliphatic heterocycles. The average molecular weight is 479 g/mol. The Morgan fingerprint density at radius 3 is 2.43 bits per heavy atom. The monoisotopic (exact) mass is 478 g/mol. The summed E-state index contributed by atoms with van der Waals surface area (Å²) in [5, 5.41) is 0. The molecular formula is C27H30N2O6. The summed E-state index contributed by atoms with van der Waals surface area (Å²) in [4.78, 5) is 29.6. The van der Waals surface area contributed by atoms with E-state index >= 15 is 0 Å². The number of amides is 2. The molecular weight excluding hydrogens is 448 g/mol. The first-order valence-corrected chi connectivity index (χ1v) is 11.6. The van der Waals surface area contributed by atoms with E-state index in [9.17, 15) is 9.59 Å². The second-order valence-corrected chi connectivity index (χ2v) is 8.67. The lowest BCUT2D eigenvalue weighted by Gasteiger charge is -2.30. The van der Waals surface area contributed by atoms with Gasteiger partial charge in [-0.15, -0.1) is 0 Å². The number of rotatable bonds is 10. The van der Waals surface area contributed by atoms with Crippen LogP contribution in [0.2, 0.25) is 0 Å². The fourth-order valence-electron chi connectivity index (χ4n) is 3.80. The molecule has 0 bridgehead atoms. The van der Waals surface area contributed by atoms with Gasteiger partial charge in [-0.05, 0) is 62.7 Å². The van der Waals surface area contributed by atoms with Crippen molar-refractivity contribution in [1.82, 2.24) is 9.80 Å². The van der Waals surface area contributed by atoms with Crippen LogP contribution in [0.5, 0.6) is 17.2 Å². The standard InChI is InChI=1S/C27H30N2O6/c1-19(2)29(27(31)17-32-22-7-5-4-6-8-22)16-26(30)28(15-23-11-9-20(3)35-23)14-21-10-12-24-25(13-21)34-18-33-24/h4-13,19H,14-18H2,1-3H3. The van der Waals surface area contributed by atoms with Gasteiger partial charge in [-0.25, -0.2) is 0 Å². The van der Waals surface area contributed by atoms with Crippen molar-refractivity contribution in [2.45, 2.75) is 39.9 Å². The van der Waals surface area contributed by atoms with E-state index in [4.69, 9.17) is 18.6 Å². The molecule has 3 aromatic rings. The maximum atomic E-state index is 13.5. The lowest BCUT2D eigenvalue weighted by molar-refractivity contribution is -0.144. The molecule has 0 saturated carbocycles. The highest BCUT2D eigenvalue weighted by molar-refractivity contribution is 5.85. The first-order chi connectivity index (χ1) is 16.9. The summed E-state index contributed by atoms with van der Waals surface area (Å²) in [6.07, 6.45) is 0. The molecule has 184 valence electrons. The first-order valence-electron chi connectivity index (χ1n) is 11.6. The van der Waals surface area contributed by atoms with E-state index in [1.807, 2.05) is 69.3 Å². The van der Waals surface area contributed by atoms with Gasteiger partial charge in [0.2, 0.25) is 12.7 Å². The summed E-state index contributed by atoms with van der Waals surface area (Å²) in [6.45, 7) is 6.20. The summed E-state index contributed by atoms with van der Waals surface area (Å²) in [5.41, 5.74) is 0.890. The van der Waals surface area contributed by atoms with Crippen LogP contribution in [0, 0.1) is 6.92 Å². The fourth-order valence-corrected chi connectivity index (χ4v) is 3.80. The minimum Gasteiger partial charge on any atom is -0.484 e. The third-order valence-corrected chi connectivity index (χ3v) is 5.66. The summed E-state index contributed by atoms with van der Waals surface area (Å²) in [6, 6.07) is 18.3. The van der Waals surface area contributed by atoms with Gasteiger partial charge in [0.15, 0.2) is 18.1 Å². The molecule has 1 aromatic heterocycles. The smallest absolute Gasteiger partial charge is 0.261 e. The van der Waals surface area contributed by atoms with Crippen LogP contribution < -0.4 is 14.2 Å². The van der Waals surface area contributed by atoms with Crippen LogP contribution in [0.3, 0.4) is 0 Å². The van der Waals surface area contributed by atoms with E-state index < -0.39 is 0 Å². The Bertz CT molecular complexity index is 1160. The van der Waals surface area contributed by atoms with Crippen molar-refractivity contribution in [2.24, 2.45) is 0 Å². The number of nitrogens with zero attached hydrogens (tertiary/aromatic N) is 2. The molecule has 0 unspecified atom stereocenters. The number of para-hydroxylation sites is 1. The minimum absolute atomic E-state index is 0.0705. The fraction of sp³-hybridized carbons (Fsp3) is 0.333. The van der Waals surface area contributed by atoms with Crippen molar-refractivity contribution >= 4 is 11.8 Å². The normalized spacial score (nSPS) is 12.0. The molecule has 2 heterocycles. The molecule has 0 atom stereocenters. The number of hydrogen-bond acceptors (Lipinski definition) is 6. The van der Waals surface area contributed by atoms with Crippen molar-refractivity contribution in [3.63, 3.8) is 0 Å². The molecule has 8 heteroatoms. The number of benzene rings is 2. The molecule has 0 aliphatic carbocycles. The predicted molar refractivity (Wildman–Crippen MR) is 129 cm³/mol. The van der Waals surface area contributed by atoms with E-state index in [2.05, 4.69) is 0 Å². The van der Waals surface area contributed by atoms with Crippen LogP contribution in [0.25, 0.3) is 0 Å². The van der Waals surface area contributed by atoms with E-state index in [0.717, 1.165) is 11.3 Å². The molecule has 0 saturated heterocycles. The van der Waals surface area contributed by atoms with Gasteiger partial charge in [0, 0.05) is 12.6 Å². The first kappa shape index (κ1) is 24.2. The topological polar surface area (TPSA) is 81.5 Å². The van der Waals surface area contributed by atoms with Gasteiger partial charge in [0.25, 0.3) is 5.91 Å². The molecule has 2 amide bonds. The number of aryl methyl sites for hydroxylation is 1.